The summed E-state index contributed by atoms with van der Waals surface area (Å²) in [6.07, 6.45) is 0.227. The molecule has 0 unspecified atom stereocenters. The summed E-state index contributed by atoms with van der Waals surface area (Å²) in [6.45, 7) is 0.797. The van der Waals surface area contributed by atoms with E-state index in [1.54, 1.807) is 30.3 Å². The number of phenolic OH excluding ortho intramolecular Hbond substituents is 1. The maximum absolute atomic E-state index is 12.8. The molecular formula is C18H20N2O5S. The number of benzene rings is 2. The van der Waals surface area contributed by atoms with Crippen LogP contribution in [0.15, 0.2) is 58.3 Å². The highest BCUT2D eigenvalue weighted by molar-refractivity contribution is 7.91. The number of nitrogens with one attached hydrogen (secondary N) is 1. The second-order valence-corrected chi connectivity index (χ2v) is 8.08. The number of para-hydroxylation sites is 1. The lowest BCUT2D eigenvalue weighted by atomic mass is 10.0. The van der Waals surface area contributed by atoms with E-state index in [2.05, 4.69) is 5.32 Å². The molecule has 0 radical (unpaired) electrons. The van der Waals surface area contributed by atoms with Crippen LogP contribution in [-0.2, 0) is 9.84 Å². The normalized spacial score (nSPS) is 15.6. The van der Waals surface area contributed by atoms with Gasteiger partial charge in [0.15, 0.2) is 5.75 Å². The van der Waals surface area contributed by atoms with Gasteiger partial charge in [-0.3, -0.25) is 0 Å². The summed E-state index contributed by atoms with van der Waals surface area (Å²) < 4.78 is 25.5. The molecule has 0 atom stereocenters. The van der Waals surface area contributed by atoms with Gasteiger partial charge in [0.2, 0.25) is 9.84 Å². The summed E-state index contributed by atoms with van der Waals surface area (Å²) in [4.78, 5) is 12.3. The molecule has 1 heterocycles. The van der Waals surface area contributed by atoms with Crippen LogP contribution >= 0.6 is 0 Å². The number of carbonyl (C=O) groups is 1. The molecule has 3 rings (SSSR count). The van der Waals surface area contributed by atoms with Gasteiger partial charge in [0.1, 0.15) is 4.90 Å². The Bertz CT molecular complexity index is 891. The van der Waals surface area contributed by atoms with Gasteiger partial charge in [-0.2, -0.15) is 0 Å². The largest absolute Gasteiger partial charge is 0.504 e. The van der Waals surface area contributed by atoms with Gasteiger partial charge in [0.25, 0.3) is 0 Å². The molecule has 7 nitrogen and oxygen atoms in total. The van der Waals surface area contributed by atoms with E-state index in [1.807, 2.05) is 0 Å². The molecule has 3 N–H and O–H groups in total. The van der Waals surface area contributed by atoms with Crippen molar-refractivity contribution < 1.29 is 23.4 Å². The van der Waals surface area contributed by atoms with Crippen molar-refractivity contribution in [2.24, 2.45) is 0 Å². The summed E-state index contributed by atoms with van der Waals surface area (Å²) in [7, 11) is -3.83. The highest BCUT2D eigenvalue weighted by atomic mass is 32.2. The van der Waals surface area contributed by atoms with Crippen LogP contribution in [-0.4, -0.2) is 48.8 Å². The van der Waals surface area contributed by atoms with E-state index >= 15 is 0 Å². The molecule has 1 aliphatic heterocycles. The summed E-state index contributed by atoms with van der Waals surface area (Å²) in [5.74, 6) is -0.322. The highest BCUT2D eigenvalue weighted by Crippen LogP contribution is 2.35. The third kappa shape index (κ3) is 3.60. The van der Waals surface area contributed by atoms with Crippen molar-refractivity contribution >= 4 is 21.6 Å². The van der Waals surface area contributed by atoms with Crippen LogP contribution in [0.4, 0.5) is 10.5 Å². The van der Waals surface area contributed by atoms with Gasteiger partial charge >= 0.3 is 6.09 Å². The molecule has 0 aromatic heterocycles. The lowest BCUT2D eigenvalue weighted by molar-refractivity contribution is 0.133. The minimum Gasteiger partial charge on any atom is -0.504 e. The zero-order valence-corrected chi connectivity index (χ0v) is 14.8. The van der Waals surface area contributed by atoms with Crippen LogP contribution in [0.2, 0.25) is 0 Å². The Hall–Kier alpha value is -2.74. The molecule has 26 heavy (non-hydrogen) atoms. The maximum atomic E-state index is 12.8. The third-order valence-corrected chi connectivity index (χ3v) is 6.27. The van der Waals surface area contributed by atoms with Crippen molar-refractivity contribution in [3.05, 3.63) is 48.5 Å². The maximum Gasteiger partial charge on any atom is 0.407 e. The molecule has 0 aliphatic carbocycles. The number of carboxylic acid groups (broad SMARTS) is 1. The molecule has 1 amide bonds. The molecule has 138 valence electrons. The lowest BCUT2D eigenvalue weighted by Crippen LogP contribution is -2.41. The van der Waals surface area contributed by atoms with Crippen molar-refractivity contribution in [1.29, 1.82) is 0 Å². The molecule has 8 heteroatoms. The molecule has 1 saturated heterocycles. The van der Waals surface area contributed by atoms with Crippen molar-refractivity contribution in [1.82, 2.24) is 4.90 Å². The minimum absolute atomic E-state index is 0.0359. The molecule has 2 aromatic rings. The van der Waals surface area contributed by atoms with Crippen molar-refractivity contribution in [3.8, 4) is 5.75 Å². The minimum atomic E-state index is -3.83. The fraction of sp³-hybridized carbons (Fsp3) is 0.278. The number of hydrogen-bond donors (Lipinski definition) is 3. The lowest BCUT2D eigenvalue weighted by Gasteiger charge is -2.31. The summed E-state index contributed by atoms with van der Waals surface area (Å²) in [5, 5.41) is 22.6. The Balaban J connectivity index is 1.81. The molecule has 0 saturated carbocycles. The molecule has 0 bridgehead atoms. The van der Waals surface area contributed by atoms with Gasteiger partial charge in [-0.1, -0.05) is 24.3 Å². The first-order valence-corrected chi connectivity index (χ1v) is 9.74. The Morgan fingerprint density at radius 3 is 2.31 bits per heavy atom. The van der Waals surface area contributed by atoms with E-state index in [0.29, 0.717) is 31.6 Å². The number of hydrogen-bond acceptors (Lipinski definition) is 5. The number of phenols is 1. The van der Waals surface area contributed by atoms with Gasteiger partial charge in [-0.05, 0) is 37.1 Å². The van der Waals surface area contributed by atoms with Gasteiger partial charge < -0.3 is 20.4 Å². The zero-order chi connectivity index (χ0) is 18.7. The Morgan fingerprint density at radius 1 is 1.04 bits per heavy atom. The van der Waals surface area contributed by atoms with Gasteiger partial charge in [-0.25, -0.2) is 13.2 Å². The topological polar surface area (TPSA) is 107 Å². The summed E-state index contributed by atoms with van der Waals surface area (Å²) in [5.41, 5.74) is 0.329. The van der Waals surface area contributed by atoms with Crippen molar-refractivity contribution in [2.75, 3.05) is 18.4 Å². The number of nitrogens with zero attached hydrogens (tertiary/aromatic N) is 1. The van der Waals surface area contributed by atoms with Crippen molar-refractivity contribution in [2.45, 2.75) is 28.7 Å². The van der Waals surface area contributed by atoms with Crippen molar-refractivity contribution in [3.63, 3.8) is 0 Å². The first kappa shape index (κ1) is 18.1. The first-order valence-electron chi connectivity index (χ1n) is 8.26. The summed E-state index contributed by atoms with van der Waals surface area (Å²) in [6, 6.07) is 12.5. The average Bonchev–Trinajstić information content (AvgIpc) is 2.64. The van der Waals surface area contributed by atoms with E-state index < -0.39 is 15.9 Å². The van der Waals surface area contributed by atoms with Crippen LogP contribution in [0.5, 0.6) is 5.75 Å². The predicted octanol–water partition coefficient (Wildman–Crippen LogP) is 2.78. The third-order valence-electron chi connectivity index (χ3n) is 4.47. The molecule has 0 spiro atoms. The fourth-order valence-electron chi connectivity index (χ4n) is 3.02. The van der Waals surface area contributed by atoms with Crippen LogP contribution in [0.1, 0.15) is 12.8 Å². The molecule has 2 aromatic carbocycles. The van der Waals surface area contributed by atoms with Gasteiger partial charge in [-0.15, -0.1) is 0 Å². The molecule has 1 aliphatic rings. The number of likely N-dealkylation sites (tertiary alicyclic amines) is 1. The van der Waals surface area contributed by atoms with E-state index in [-0.39, 0.29) is 21.6 Å². The first-order chi connectivity index (χ1) is 12.4. The van der Waals surface area contributed by atoms with Crippen LogP contribution < -0.4 is 5.32 Å². The second-order valence-electron chi connectivity index (χ2n) is 6.16. The van der Waals surface area contributed by atoms with E-state index in [9.17, 15) is 18.3 Å². The van der Waals surface area contributed by atoms with Gasteiger partial charge in [0.05, 0.1) is 10.6 Å². The standard InChI is InChI=1S/C18H20N2O5S/c21-17-15(19-13-9-11-20(12-10-13)18(22)23)7-4-8-16(17)26(24,25)14-5-2-1-3-6-14/h1-8,13,19,21H,9-12H2,(H,22,23). The fourth-order valence-corrected chi connectivity index (χ4v) is 4.41. The van der Waals surface area contributed by atoms with Crippen LogP contribution in [0, 0.1) is 0 Å². The van der Waals surface area contributed by atoms with E-state index in [1.165, 1.54) is 23.1 Å². The number of rotatable bonds is 4. The monoisotopic (exact) mass is 376 g/mol. The number of amides is 1. The Labute approximate surface area is 151 Å². The highest BCUT2D eigenvalue weighted by Gasteiger charge is 2.26. The number of aromatic hydroxyl groups is 1. The quantitative estimate of drug-likeness (QED) is 0.709. The Morgan fingerprint density at radius 2 is 1.69 bits per heavy atom. The molecule has 1 fully saturated rings. The molecular weight excluding hydrogens is 356 g/mol. The predicted molar refractivity (Wildman–Crippen MR) is 96.2 cm³/mol. The second kappa shape index (κ2) is 7.25. The van der Waals surface area contributed by atoms with E-state index in [4.69, 9.17) is 5.11 Å². The number of sulfone groups is 1. The van der Waals surface area contributed by atoms with Crippen LogP contribution in [0.3, 0.4) is 0 Å². The zero-order valence-electron chi connectivity index (χ0n) is 14.0. The smallest absolute Gasteiger partial charge is 0.407 e. The summed E-state index contributed by atoms with van der Waals surface area (Å²) >= 11 is 0. The van der Waals surface area contributed by atoms with Crippen LogP contribution in [0.25, 0.3) is 0 Å². The SMILES string of the molecule is O=C(O)N1CCC(Nc2cccc(S(=O)(=O)c3ccccc3)c2O)CC1. The van der Waals surface area contributed by atoms with E-state index in [0.717, 1.165) is 0 Å². The Kier molecular flexibility index (Phi) is 5.03. The van der Waals surface area contributed by atoms with Gasteiger partial charge in [0, 0.05) is 19.1 Å². The average molecular weight is 376 g/mol. The number of piperidine rings is 1. The number of anilines is 1.